The van der Waals surface area contributed by atoms with Gasteiger partial charge in [0, 0.05) is 0 Å². The summed E-state index contributed by atoms with van der Waals surface area (Å²) < 4.78 is 0. The highest BCUT2D eigenvalue weighted by Gasteiger charge is 2.47. The molecule has 56 valence electrons. The van der Waals surface area contributed by atoms with E-state index in [1.54, 1.807) is 0 Å². The third kappa shape index (κ3) is 1.02. The van der Waals surface area contributed by atoms with E-state index in [2.05, 4.69) is 24.8 Å². The second kappa shape index (κ2) is 2.59. The Morgan fingerprint density at radius 3 is 2.00 bits per heavy atom. The minimum Gasteiger partial charge on any atom is -0.286 e. The molecule has 1 aliphatic rings. The first-order valence-corrected chi connectivity index (χ1v) is 3.95. The van der Waals surface area contributed by atoms with E-state index in [1.165, 1.54) is 0 Å². The van der Waals surface area contributed by atoms with Crippen molar-refractivity contribution in [3.63, 3.8) is 0 Å². The Bertz CT molecular complexity index is 149. The summed E-state index contributed by atoms with van der Waals surface area (Å²) in [6, 6.07) is 2.38. The lowest BCUT2D eigenvalue weighted by molar-refractivity contribution is 0.242. The molecular weight excluding hydrogens is 124 g/mol. The van der Waals surface area contributed by atoms with Gasteiger partial charge in [0.05, 0.1) is 6.07 Å². The van der Waals surface area contributed by atoms with Crippen molar-refractivity contribution in [2.45, 2.75) is 32.2 Å². The van der Waals surface area contributed by atoms with Crippen LogP contribution in [0.25, 0.3) is 0 Å². The van der Waals surface area contributed by atoms with Gasteiger partial charge in [-0.1, -0.05) is 13.8 Å². The SMILES string of the molecule is CCN(CC)C1(C#N)CC1. The largest absolute Gasteiger partial charge is 0.286 e. The van der Waals surface area contributed by atoms with E-state index in [9.17, 15) is 0 Å². The standard InChI is InChI=1S/C8H14N2/c1-3-10(4-2)8(7-9)5-6-8/h3-6H2,1-2H3. The smallest absolute Gasteiger partial charge is 0.109 e. The molecule has 0 radical (unpaired) electrons. The Labute approximate surface area is 62.4 Å². The molecule has 0 unspecified atom stereocenters. The Hall–Kier alpha value is -0.550. The van der Waals surface area contributed by atoms with Crippen LogP contribution < -0.4 is 0 Å². The van der Waals surface area contributed by atoms with Crippen molar-refractivity contribution in [2.24, 2.45) is 0 Å². The summed E-state index contributed by atoms with van der Waals surface area (Å²) in [5.74, 6) is 0. The molecule has 0 bridgehead atoms. The van der Waals surface area contributed by atoms with Gasteiger partial charge in [0.2, 0.25) is 0 Å². The molecular formula is C8H14N2. The van der Waals surface area contributed by atoms with Gasteiger partial charge in [0.15, 0.2) is 0 Å². The molecule has 0 N–H and O–H groups in total. The molecule has 0 amide bonds. The van der Waals surface area contributed by atoms with E-state index in [0.717, 1.165) is 25.9 Å². The zero-order valence-electron chi connectivity index (χ0n) is 6.72. The molecule has 0 aromatic carbocycles. The van der Waals surface area contributed by atoms with Crippen molar-refractivity contribution < 1.29 is 0 Å². The average molecular weight is 138 g/mol. The fraction of sp³-hybridized carbons (Fsp3) is 0.875. The molecule has 0 aromatic heterocycles. The maximum Gasteiger partial charge on any atom is 0.109 e. The number of hydrogen-bond acceptors (Lipinski definition) is 2. The van der Waals surface area contributed by atoms with Crippen LogP contribution in [0.3, 0.4) is 0 Å². The summed E-state index contributed by atoms with van der Waals surface area (Å²) in [6.45, 7) is 6.23. The average Bonchev–Trinajstić information content (AvgIpc) is 2.72. The molecule has 0 saturated heterocycles. The van der Waals surface area contributed by atoms with E-state index in [1.807, 2.05) is 0 Å². The van der Waals surface area contributed by atoms with Gasteiger partial charge in [-0.15, -0.1) is 0 Å². The summed E-state index contributed by atoms with van der Waals surface area (Å²) in [7, 11) is 0. The summed E-state index contributed by atoms with van der Waals surface area (Å²) in [5, 5.41) is 8.80. The van der Waals surface area contributed by atoms with Crippen LogP contribution in [-0.4, -0.2) is 23.5 Å². The van der Waals surface area contributed by atoms with Crippen LogP contribution >= 0.6 is 0 Å². The molecule has 0 spiro atoms. The van der Waals surface area contributed by atoms with Crippen LogP contribution in [0.5, 0.6) is 0 Å². The molecule has 0 atom stereocenters. The molecule has 0 heterocycles. The number of hydrogen-bond donors (Lipinski definition) is 0. The summed E-state index contributed by atoms with van der Waals surface area (Å²) >= 11 is 0. The van der Waals surface area contributed by atoms with Gasteiger partial charge in [-0.25, -0.2) is 0 Å². The summed E-state index contributed by atoms with van der Waals surface area (Å²) in [4.78, 5) is 2.24. The second-order valence-electron chi connectivity index (χ2n) is 2.82. The van der Waals surface area contributed by atoms with Crippen LogP contribution in [-0.2, 0) is 0 Å². The van der Waals surface area contributed by atoms with E-state index >= 15 is 0 Å². The highest BCUT2D eigenvalue weighted by Crippen LogP contribution is 2.40. The highest BCUT2D eigenvalue weighted by molar-refractivity contribution is 5.18. The lowest BCUT2D eigenvalue weighted by Gasteiger charge is -2.22. The first-order valence-electron chi connectivity index (χ1n) is 3.95. The molecule has 2 heteroatoms. The van der Waals surface area contributed by atoms with Gasteiger partial charge in [-0.05, 0) is 25.9 Å². The van der Waals surface area contributed by atoms with Crippen molar-refractivity contribution >= 4 is 0 Å². The van der Waals surface area contributed by atoms with Crippen molar-refractivity contribution in [3.8, 4) is 6.07 Å². The quantitative estimate of drug-likeness (QED) is 0.589. The van der Waals surface area contributed by atoms with Crippen LogP contribution in [0.15, 0.2) is 0 Å². The van der Waals surface area contributed by atoms with Gasteiger partial charge in [-0.2, -0.15) is 5.26 Å². The minimum atomic E-state index is -0.0521. The minimum absolute atomic E-state index is 0.0521. The Balaban J connectivity index is 2.54. The molecule has 1 aliphatic carbocycles. The molecule has 10 heavy (non-hydrogen) atoms. The van der Waals surface area contributed by atoms with Gasteiger partial charge in [0.25, 0.3) is 0 Å². The van der Waals surface area contributed by atoms with E-state index < -0.39 is 0 Å². The molecule has 1 saturated carbocycles. The maximum absolute atomic E-state index is 8.80. The Morgan fingerprint density at radius 1 is 1.40 bits per heavy atom. The van der Waals surface area contributed by atoms with Gasteiger partial charge < -0.3 is 0 Å². The number of rotatable bonds is 3. The predicted molar refractivity (Wildman–Crippen MR) is 40.5 cm³/mol. The Kier molecular flexibility index (Phi) is 1.96. The van der Waals surface area contributed by atoms with Crippen LogP contribution in [0.4, 0.5) is 0 Å². The van der Waals surface area contributed by atoms with E-state index in [0.29, 0.717) is 0 Å². The summed E-state index contributed by atoms with van der Waals surface area (Å²) in [5.41, 5.74) is -0.0521. The first kappa shape index (κ1) is 7.56. The molecule has 1 rings (SSSR count). The number of nitrogens with zero attached hydrogens (tertiary/aromatic N) is 2. The highest BCUT2D eigenvalue weighted by atomic mass is 15.2. The lowest BCUT2D eigenvalue weighted by Crippen LogP contribution is -2.35. The molecule has 1 fully saturated rings. The molecule has 0 aromatic rings. The normalized spacial score (nSPS) is 20.6. The van der Waals surface area contributed by atoms with E-state index in [4.69, 9.17) is 5.26 Å². The van der Waals surface area contributed by atoms with Crippen molar-refractivity contribution in [2.75, 3.05) is 13.1 Å². The zero-order valence-corrected chi connectivity index (χ0v) is 6.72. The van der Waals surface area contributed by atoms with Crippen LogP contribution in [0.1, 0.15) is 26.7 Å². The molecule has 2 nitrogen and oxygen atoms in total. The van der Waals surface area contributed by atoms with E-state index in [-0.39, 0.29) is 5.54 Å². The van der Waals surface area contributed by atoms with Crippen molar-refractivity contribution in [1.29, 1.82) is 5.26 Å². The lowest BCUT2D eigenvalue weighted by atomic mass is 10.2. The third-order valence-corrected chi connectivity index (χ3v) is 2.30. The van der Waals surface area contributed by atoms with Gasteiger partial charge in [0.1, 0.15) is 5.54 Å². The fourth-order valence-corrected chi connectivity index (χ4v) is 1.45. The van der Waals surface area contributed by atoms with Crippen LogP contribution in [0, 0.1) is 11.3 Å². The molecule has 0 aliphatic heterocycles. The second-order valence-corrected chi connectivity index (χ2v) is 2.82. The Morgan fingerprint density at radius 2 is 1.90 bits per heavy atom. The first-order chi connectivity index (χ1) is 4.79. The maximum atomic E-state index is 8.80. The number of nitriles is 1. The monoisotopic (exact) mass is 138 g/mol. The third-order valence-electron chi connectivity index (χ3n) is 2.30. The van der Waals surface area contributed by atoms with Gasteiger partial charge >= 0.3 is 0 Å². The van der Waals surface area contributed by atoms with Crippen molar-refractivity contribution in [3.05, 3.63) is 0 Å². The predicted octanol–water partition coefficient (Wildman–Crippen LogP) is 1.38. The van der Waals surface area contributed by atoms with Crippen molar-refractivity contribution in [1.82, 2.24) is 4.90 Å². The van der Waals surface area contributed by atoms with Gasteiger partial charge in [-0.3, -0.25) is 4.90 Å². The zero-order chi connectivity index (χ0) is 7.61. The van der Waals surface area contributed by atoms with Crippen LogP contribution in [0.2, 0.25) is 0 Å². The summed E-state index contributed by atoms with van der Waals surface area (Å²) in [6.07, 6.45) is 2.15. The fourth-order valence-electron chi connectivity index (χ4n) is 1.45. The topological polar surface area (TPSA) is 27.0 Å².